The number of carbonyl (C=O) groups is 4. The number of tetrazole rings is 1. The molecule has 1 saturated carbocycles. The quantitative estimate of drug-likeness (QED) is 0.360. The van der Waals surface area contributed by atoms with Crippen LogP contribution in [0, 0.1) is 5.92 Å². The Balaban J connectivity index is 1.43. The van der Waals surface area contributed by atoms with Crippen LogP contribution in [0.1, 0.15) is 71.8 Å². The number of allylic oxidation sites excluding steroid dienone is 1. The summed E-state index contributed by atoms with van der Waals surface area (Å²) in [5, 5.41) is 28.9. The van der Waals surface area contributed by atoms with E-state index in [0.717, 1.165) is 19.3 Å². The van der Waals surface area contributed by atoms with Gasteiger partial charge in [0.2, 0.25) is 17.6 Å². The van der Waals surface area contributed by atoms with Crippen LogP contribution in [0.5, 0.6) is 5.75 Å². The third-order valence-electron chi connectivity index (χ3n) is 8.63. The zero-order chi connectivity index (χ0) is 34.6. The largest absolute Gasteiger partial charge is 0.488 e. The van der Waals surface area contributed by atoms with Crippen LogP contribution in [0.15, 0.2) is 43.0 Å². The molecule has 1 aliphatic carbocycles. The highest BCUT2D eigenvalue weighted by Gasteiger charge is 2.61. The number of benzene rings is 1. The number of halogens is 1. The van der Waals surface area contributed by atoms with Gasteiger partial charge >= 0.3 is 12.1 Å². The van der Waals surface area contributed by atoms with E-state index in [-0.39, 0.29) is 37.7 Å². The van der Waals surface area contributed by atoms with Gasteiger partial charge in [0, 0.05) is 24.4 Å². The number of rotatable bonds is 7. The fourth-order valence-electron chi connectivity index (χ4n) is 6.10. The number of aliphatic carboxylic acids is 1. The molecule has 48 heavy (non-hydrogen) atoms. The molecule has 3 heterocycles. The Morgan fingerprint density at radius 3 is 2.75 bits per heavy atom. The summed E-state index contributed by atoms with van der Waals surface area (Å²) in [5.74, 6) is -1.82. The van der Waals surface area contributed by atoms with Gasteiger partial charge in [0.25, 0.3) is 0 Å². The van der Waals surface area contributed by atoms with E-state index in [1.165, 1.54) is 9.70 Å². The van der Waals surface area contributed by atoms with Gasteiger partial charge in [-0.25, -0.2) is 9.59 Å². The van der Waals surface area contributed by atoms with Crippen molar-refractivity contribution in [3.63, 3.8) is 0 Å². The summed E-state index contributed by atoms with van der Waals surface area (Å²) in [7, 11) is 0. The Hall–Kier alpha value is -4.46. The lowest BCUT2D eigenvalue weighted by molar-refractivity contribution is -0.145. The van der Waals surface area contributed by atoms with Gasteiger partial charge in [-0.05, 0) is 69.9 Å². The van der Waals surface area contributed by atoms with Crippen LogP contribution in [0.4, 0.5) is 4.79 Å². The van der Waals surface area contributed by atoms with Crippen molar-refractivity contribution in [2.45, 2.75) is 95.0 Å². The van der Waals surface area contributed by atoms with Gasteiger partial charge in [-0.15, -0.1) is 10.2 Å². The summed E-state index contributed by atoms with van der Waals surface area (Å²) in [5.41, 5.74) is -1.66. The Labute approximate surface area is 283 Å². The van der Waals surface area contributed by atoms with Crippen molar-refractivity contribution in [3.05, 3.63) is 48.0 Å². The van der Waals surface area contributed by atoms with E-state index in [1.807, 2.05) is 12.2 Å². The molecule has 2 aliphatic heterocycles. The molecule has 1 saturated heterocycles. The smallest absolute Gasteiger partial charge is 0.408 e. The van der Waals surface area contributed by atoms with E-state index in [9.17, 15) is 24.3 Å². The van der Waals surface area contributed by atoms with Crippen LogP contribution in [-0.4, -0.2) is 90.5 Å². The third kappa shape index (κ3) is 7.97. The summed E-state index contributed by atoms with van der Waals surface area (Å²) >= 11 is 6.39. The Kier molecular flexibility index (Phi) is 10.4. The number of fused-ring (bicyclic) bond motifs is 2. The zero-order valence-corrected chi connectivity index (χ0v) is 28.1. The predicted octanol–water partition coefficient (Wildman–Crippen LogP) is 4.07. The Morgan fingerprint density at radius 2 is 2.04 bits per heavy atom. The molecule has 2 aromatic rings. The minimum absolute atomic E-state index is 0.0255. The van der Waals surface area contributed by atoms with Crippen molar-refractivity contribution in [1.82, 2.24) is 35.7 Å². The molecule has 258 valence electrons. The van der Waals surface area contributed by atoms with E-state index in [2.05, 4.69) is 32.6 Å². The molecule has 3 amide bonds. The first-order chi connectivity index (χ1) is 22.8. The van der Waals surface area contributed by atoms with Crippen LogP contribution in [-0.2, 0) is 19.1 Å². The van der Waals surface area contributed by atoms with Crippen molar-refractivity contribution in [2.24, 2.45) is 5.92 Å². The summed E-state index contributed by atoms with van der Waals surface area (Å²) < 4.78 is 11.0. The highest BCUT2D eigenvalue weighted by atomic mass is 35.5. The molecule has 3 aliphatic rings. The molecule has 5 rings (SSSR count). The van der Waals surface area contributed by atoms with Gasteiger partial charge < -0.3 is 30.1 Å². The van der Waals surface area contributed by atoms with Crippen LogP contribution in [0.3, 0.4) is 0 Å². The van der Waals surface area contributed by atoms with Gasteiger partial charge in [-0.3, -0.25) is 9.59 Å². The number of ether oxygens (including phenoxy) is 2. The van der Waals surface area contributed by atoms with Crippen molar-refractivity contribution >= 4 is 35.5 Å². The molecule has 5 atom stereocenters. The van der Waals surface area contributed by atoms with Crippen LogP contribution < -0.4 is 15.4 Å². The molecule has 15 heteroatoms. The van der Waals surface area contributed by atoms with Gasteiger partial charge in [0.1, 0.15) is 35.6 Å². The topological polar surface area (TPSA) is 178 Å². The maximum absolute atomic E-state index is 14.2. The molecule has 1 aromatic heterocycles. The number of carboxylic acids is 1. The first-order valence-electron chi connectivity index (χ1n) is 16.2. The standard InChI is InChI=1S/C33H42ClN7O7/c1-5-15-47-26-14-13-20(16-23(26)34)27-37-39-41(38-27)22-17-25-28(42)36-33(30(44)45)18-21(33)11-9-7-6-8-10-12-24(29(43)40(25)19-22)35-31(46)48-32(2,3)4/h5,9,11,13-14,16,21-22,24-25H,1,6-8,10,12,15,17-19H2,2-4H3,(H,35,46)(H,36,42)(H,44,45)/b11-9-/t21-,22+,24+,25+,33+/m1/s1. The van der Waals surface area contributed by atoms with E-state index in [4.69, 9.17) is 21.1 Å². The first kappa shape index (κ1) is 34.9. The summed E-state index contributed by atoms with van der Waals surface area (Å²) in [6.45, 7) is 9.13. The van der Waals surface area contributed by atoms with E-state index in [0.29, 0.717) is 29.2 Å². The summed E-state index contributed by atoms with van der Waals surface area (Å²) in [6.07, 6.45) is 8.34. The van der Waals surface area contributed by atoms with Gasteiger partial charge in [0.15, 0.2) is 0 Å². The fourth-order valence-corrected chi connectivity index (χ4v) is 6.33. The van der Waals surface area contributed by atoms with E-state index >= 15 is 0 Å². The van der Waals surface area contributed by atoms with Crippen molar-refractivity contribution in [1.29, 1.82) is 0 Å². The van der Waals surface area contributed by atoms with E-state index in [1.54, 1.807) is 45.0 Å². The second kappa shape index (κ2) is 14.3. The average Bonchev–Trinajstić information content (AvgIpc) is 3.32. The number of carboxylic acid groups (broad SMARTS) is 1. The number of carbonyl (C=O) groups excluding carboxylic acids is 3. The lowest BCUT2D eigenvalue weighted by Gasteiger charge is -2.30. The van der Waals surface area contributed by atoms with Gasteiger partial charge in [0.05, 0.1) is 11.1 Å². The lowest BCUT2D eigenvalue weighted by Crippen LogP contribution is -2.56. The number of aromatic nitrogens is 4. The number of amides is 3. The number of hydrogen-bond donors (Lipinski definition) is 3. The first-order valence-corrected chi connectivity index (χ1v) is 16.5. The van der Waals surface area contributed by atoms with Crippen molar-refractivity contribution in [2.75, 3.05) is 13.2 Å². The number of alkyl carbamates (subject to hydrolysis) is 1. The lowest BCUT2D eigenvalue weighted by atomic mass is 10.0. The number of nitrogens with one attached hydrogen (secondary N) is 2. The Bertz CT molecular complexity index is 1590. The highest BCUT2D eigenvalue weighted by Crippen LogP contribution is 2.45. The van der Waals surface area contributed by atoms with Crippen LogP contribution in [0.2, 0.25) is 5.02 Å². The molecule has 2 fully saturated rings. The van der Waals surface area contributed by atoms with Gasteiger partial charge in [-0.1, -0.05) is 49.2 Å². The molecule has 0 radical (unpaired) electrons. The fraction of sp³-hybridized carbons (Fsp3) is 0.545. The second-order valence-corrected chi connectivity index (χ2v) is 13.8. The second-order valence-electron chi connectivity index (χ2n) is 13.4. The number of nitrogens with zero attached hydrogens (tertiary/aromatic N) is 5. The highest BCUT2D eigenvalue weighted by molar-refractivity contribution is 6.32. The predicted molar refractivity (Wildman–Crippen MR) is 175 cm³/mol. The third-order valence-corrected chi connectivity index (χ3v) is 8.93. The molecular weight excluding hydrogens is 642 g/mol. The summed E-state index contributed by atoms with van der Waals surface area (Å²) in [4.78, 5) is 56.0. The van der Waals surface area contributed by atoms with E-state index < -0.39 is 53.1 Å². The minimum Gasteiger partial charge on any atom is -0.488 e. The normalized spacial score (nSPS) is 27.0. The molecule has 1 aromatic carbocycles. The van der Waals surface area contributed by atoms with Crippen molar-refractivity contribution < 1.29 is 33.8 Å². The van der Waals surface area contributed by atoms with Crippen LogP contribution in [0.25, 0.3) is 11.4 Å². The van der Waals surface area contributed by atoms with Crippen LogP contribution >= 0.6 is 11.6 Å². The molecular formula is C33H42ClN7O7. The molecule has 0 spiro atoms. The van der Waals surface area contributed by atoms with Crippen molar-refractivity contribution in [3.8, 4) is 17.1 Å². The summed E-state index contributed by atoms with van der Waals surface area (Å²) in [6, 6.07) is 2.47. The number of hydrogen-bond acceptors (Lipinski definition) is 9. The maximum Gasteiger partial charge on any atom is 0.408 e. The van der Waals surface area contributed by atoms with Gasteiger partial charge in [-0.2, -0.15) is 4.80 Å². The monoisotopic (exact) mass is 683 g/mol. The SMILES string of the molecule is C=CCOc1ccc(-c2nnn([C@H]3C[C@H]4C(=O)N[C@@]5(C(=O)O)C[C@H]5/C=C\CCCCC[C@H](NC(=O)OC(C)(C)C)C(=O)N4C3)n2)cc1Cl. The molecule has 3 N–H and O–H groups in total. The zero-order valence-electron chi connectivity index (χ0n) is 27.4. The molecule has 0 bridgehead atoms. The minimum atomic E-state index is -1.45. The molecule has 0 unspecified atom stereocenters. The molecule has 14 nitrogen and oxygen atoms in total. The Morgan fingerprint density at radius 1 is 1.25 bits per heavy atom. The average molecular weight is 684 g/mol. The maximum atomic E-state index is 14.2.